The van der Waals surface area contributed by atoms with E-state index in [9.17, 15) is 5.11 Å². The van der Waals surface area contributed by atoms with Gasteiger partial charge in [0, 0.05) is 24.3 Å². The molecule has 0 spiro atoms. The maximum absolute atomic E-state index is 9.52. The van der Waals surface area contributed by atoms with E-state index < -0.39 is 0 Å². The highest BCUT2D eigenvalue weighted by atomic mass is 16.5. The standard InChI is InChI=1S/C13H10N2O2/c1-8-15-12(13(16)17-8)6-9-7-14-11-5-3-2-4-10(9)11/h2-7,16H,1H3/b9-6-. The first-order valence-electron chi connectivity index (χ1n) is 5.25. The van der Waals surface area contributed by atoms with E-state index in [1.807, 2.05) is 24.3 Å². The number of aliphatic imine (C=N–C) groups is 1. The number of allylic oxidation sites excluding steroid dienone is 1. The molecule has 0 fully saturated rings. The van der Waals surface area contributed by atoms with Crippen LogP contribution in [0.3, 0.4) is 0 Å². The van der Waals surface area contributed by atoms with Gasteiger partial charge < -0.3 is 9.52 Å². The van der Waals surface area contributed by atoms with E-state index in [1.54, 1.807) is 19.2 Å². The molecule has 0 aliphatic carbocycles. The van der Waals surface area contributed by atoms with Gasteiger partial charge in [-0.15, -0.1) is 0 Å². The maximum Gasteiger partial charge on any atom is 0.310 e. The predicted octanol–water partition coefficient (Wildman–Crippen LogP) is 2.95. The molecule has 0 unspecified atom stereocenters. The van der Waals surface area contributed by atoms with Crippen molar-refractivity contribution in [3.05, 3.63) is 41.4 Å². The smallest absolute Gasteiger partial charge is 0.310 e. The summed E-state index contributed by atoms with van der Waals surface area (Å²) in [6.45, 7) is 1.69. The van der Waals surface area contributed by atoms with Gasteiger partial charge in [0.2, 0.25) is 0 Å². The first-order valence-corrected chi connectivity index (χ1v) is 5.25. The van der Waals surface area contributed by atoms with Crippen molar-refractivity contribution in [2.45, 2.75) is 6.92 Å². The molecule has 0 bridgehead atoms. The summed E-state index contributed by atoms with van der Waals surface area (Å²) in [6, 6.07) is 7.82. The molecule has 1 aromatic carbocycles. The van der Waals surface area contributed by atoms with Crippen molar-refractivity contribution in [2.24, 2.45) is 4.99 Å². The van der Waals surface area contributed by atoms with Crippen LogP contribution in [0.15, 0.2) is 33.7 Å². The molecule has 1 N–H and O–H groups in total. The molecule has 17 heavy (non-hydrogen) atoms. The van der Waals surface area contributed by atoms with Crippen molar-refractivity contribution in [3.8, 4) is 5.95 Å². The number of nitrogens with zero attached hydrogens (tertiary/aromatic N) is 2. The Morgan fingerprint density at radius 2 is 2.12 bits per heavy atom. The Kier molecular flexibility index (Phi) is 2.08. The van der Waals surface area contributed by atoms with Gasteiger partial charge in [0.25, 0.3) is 0 Å². The summed E-state index contributed by atoms with van der Waals surface area (Å²) < 4.78 is 4.97. The highest BCUT2D eigenvalue weighted by Crippen LogP contribution is 2.33. The van der Waals surface area contributed by atoms with Crippen LogP contribution in [-0.4, -0.2) is 16.3 Å². The number of aromatic hydroxyl groups is 1. The van der Waals surface area contributed by atoms with Crippen molar-refractivity contribution in [2.75, 3.05) is 0 Å². The van der Waals surface area contributed by atoms with Crippen LogP contribution in [0.5, 0.6) is 5.95 Å². The van der Waals surface area contributed by atoms with Gasteiger partial charge in [0.15, 0.2) is 5.89 Å². The molecule has 0 radical (unpaired) electrons. The van der Waals surface area contributed by atoms with Gasteiger partial charge in [-0.3, -0.25) is 4.99 Å². The zero-order valence-corrected chi connectivity index (χ0v) is 9.21. The molecule has 3 rings (SSSR count). The third-order valence-electron chi connectivity index (χ3n) is 2.59. The van der Waals surface area contributed by atoms with Crippen LogP contribution in [0.1, 0.15) is 17.1 Å². The highest BCUT2D eigenvalue weighted by Gasteiger charge is 2.14. The lowest BCUT2D eigenvalue weighted by atomic mass is 10.1. The van der Waals surface area contributed by atoms with E-state index in [0.717, 1.165) is 16.8 Å². The lowest BCUT2D eigenvalue weighted by Gasteiger charge is -1.97. The molecule has 1 aliphatic heterocycles. The maximum atomic E-state index is 9.52. The number of aromatic nitrogens is 1. The van der Waals surface area contributed by atoms with E-state index in [-0.39, 0.29) is 5.95 Å². The predicted molar refractivity (Wildman–Crippen MR) is 65.4 cm³/mol. The van der Waals surface area contributed by atoms with Crippen LogP contribution in [0.25, 0.3) is 11.6 Å². The van der Waals surface area contributed by atoms with Crippen LogP contribution in [0.2, 0.25) is 0 Å². The Bertz CT molecular complexity index is 639. The fraction of sp³-hybridized carbons (Fsp3) is 0.0769. The summed E-state index contributed by atoms with van der Waals surface area (Å²) >= 11 is 0. The van der Waals surface area contributed by atoms with E-state index in [4.69, 9.17) is 4.42 Å². The minimum Gasteiger partial charge on any atom is -0.479 e. The van der Waals surface area contributed by atoms with E-state index in [1.165, 1.54) is 0 Å². The molecule has 0 atom stereocenters. The topological polar surface area (TPSA) is 58.6 Å². The number of hydrogen-bond acceptors (Lipinski definition) is 4. The van der Waals surface area contributed by atoms with Crippen molar-refractivity contribution < 1.29 is 9.52 Å². The van der Waals surface area contributed by atoms with Crippen molar-refractivity contribution in [1.29, 1.82) is 0 Å². The van der Waals surface area contributed by atoms with Crippen molar-refractivity contribution in [3.63, 3.8) is 0 Å². The summed E-state index contributed by atoms with van der Waals surface area (Å²) in [6.07, 6.45) is 3.52. The van der Waals surface area contributed by atoms with Crippen molar-refractivity contribution >= 4 is 23.6 Å². The Hall–Kier alpha value is -2.36. The number of fused-ring (bicyclic) bond motifs is 1. The Morgan fingerprint density at radius 1 is 1.29 bits per heavy atom. The lowest BCUT2D eigenvalue weighted by molar-refractivity contribution is 0.322. The molecule has 1 aromatic heterocycles. The number of para-hydroxylation sites is 1. The quantitative estimate of drug-likeness (QED) is 0.813. The van der Waals surface area contributed by atoms with Crippen LogP contribution in [0, 0.1) is 6.92 Å². The summed E-state index contributed by atoms with van der Waals surface area (Å²) in [5.41, 5.74) is 3.32. The second kappa shape index (κ2) is 3.59. The van der Waals surface area contributed by atoms with E-state index in [0.29, 0.717) is 11.6 Å². The first-order chi connectivity index (χ1) is 8.24. The van der Waals surface area contributed by atoms with Gasteiger partial charge in [0.1, 0.15) is 5.69 Å². The molecule has 2 heterocycles. The van der Waals surface area contributed by atoms with Crippen LogP contribution < -0.4 is 0 Å². The SMILES string of the molecule is Cc1nc(/C=C2/C=Nc3ccccc32)c(O)o1. The molecule has 0 saturated carbocycles. The second-order valence-corrected chi connectivity index (χ2v) is 3.80. The van der Waals surface area contributed by atoms with Crippen LogP contribution in [0.4, 0.5) is 5.69 Å². The average Bonchev–Trinajstić information content (AvgIpc) is 2.85. The zero-order chi connectivity index (χ0) is 11.8. The summed E-state index contributed by atoms with van der Waals surface area (Å²) in [5.74, 6) is 0.283. The Balaban J connectivity index is 2.08. The lowest BCUT2D eigenvalue weighted by Crippen LogP contribution is -1.81. The van der Waals surface area contributed by atoms with Crippen molar-refractivity contribution in [1.82, 2.24) is 4.98 Å². The fourth-order valence-corrected chi connectivity index (χ4v) is 1.83. The minimum absolute atomic E-state index is 0.159. The third-order valence-corrected chi connectivity index (χ3v) is 2.59. The molecule has 84 valence electrons. The van der Waals surface area contributed by atoms with Gasteiger partial charge >= 0.3 is 5.95 Å². The molecule has 0 saturated heterocycles. The Morgan fingerprint density at radius 3 is 2.88 bits per heavy atom. The fourth-order valence-electron chi connectivity index (χ4n) is 1.83. The molecule has 2 aromatic rings. The molecule has 1 aliphatic rings. The molecule has 0 amide bonds. The van der Waals surface area contributed by atoms with Crippen LogP contribution >= 0.6 is 0 Å². The number of rotatable bonds is 1. The molecule has 4 nitrogen and oxygen atoms in total. The molecular weight excluding hydrogens is 216 g/mol. The zero-order valence-electron chi connectivity index (χ0n) is 9.21. The van der Waals surface area contributed by atoms with Gasteiger partial charge in [-0.1, -0.05) is 18.2 Å². The summed E-state index contributed by atoms with van der Waals surface area (Å²) in [4.78, 5) is 8.37. The average molecular weight is 226 g/mol. The first kappa shape index (κ1) is 9.84. The number of oxazole rings is 1. The van der Waals surface area contributed by atoms with E-state index in [2.05, 4.69) is 9.98 Å². The normalized spacial score (nSPS) is 15.5. The minimum atomic E-state index is -0.159. The third kappa shape index (κ3) is 1.63. The number of benzene rings is 1. The molecular formula is C13H10N2O2. The second-order valence-electron chi connectivity index (χ2n) is 3.80. The number of hydrogen-bond donors (Lipinski definition) is 1. The highest BCUT2D eigenvalue weighted by molar-refractivity contribution is 6.21. The number of aryl methyl sites for hydroxylation is 1. The van der Waals surface area contributed by atoms with Crippen LogP contribution in [-0.2, 0) is 0 Å². The van der Waals surface area contributed by atoms with Gasteiger partial charge in [-0.25, -0.2) is 4.98 Å². The largest absolute Gasteiger partial charge is 0.479 e. The summed E-state index contributed by atoms with van der Waals surface area (Å²) in [5, 5.41) is 9.52. The van der Waals surface area contributed by atoms with Gasteiger partial charge in [-0.2, -0.15) is 0 Å². The monoisotopic (exact) mass is 226 g/mol. The van der Waals surface area contributed by atoms with E-state index >= 15 is 0 Å². The Labute approximate surface area is 98.0 Å². The van der Waals surface area contributed by atoms with Gasteiger partial charge in [-0.05, 0) is 12.1 Å². The molecule has 4 heteroatoms. The van der Waals surface area contributed by atoms with Gasteiger partial charge in [0.05, 0.1) is 5.69 Å². The summed E-state index contributed by atoms with van der Waals surface area (Å²) in [7, 11) is 0.